The molecule has 0 spiro atoms. The van der Waals surface area contributed by atoms with Gasteiger partial charge in [-0.05, 0) is 42.0 Å². The highest BCUT2D eigenvalue weighted by Gasteiger charge is 2.48. The molecule has 1 saturated heterocycles. The Morgan fingerprint density at radius 2 is 2.02 bits per heavy atom. The summed E-state index contributed by atoms with van der Waals surface area (Å²) in [5.74, 6) is 1.83. The van der Waals surface area contributed by atoms with Crippen molar-refractivity contribution in [3.05, 3.63) is 82.7 Å². The van der Waals surface area contributed by atoms with E-state index in [-0.39, 0.29) is 40.4 Å². The Kier molecular flexibility index (Phi) is 7.52. The minimum absolute atomic E-state index is 0.0331. The minimum Gasteiger partial charge on any atom is -0.506 e. The number of fused-ring (bicyclic) bond motifs is 1. The largest absolute Gasteiger partial charge is 0.506 e. The lowest BCUT2D eigenvalue weighted by Gasteiger charge is -2.26. The highest BCUT2D eigenvalue weighted by Crippen LogP contribution is 2.33. The van der Waals surface area contributed by atoms with E-state index in [9.17, 15) is 23.9 Å². The highest BCUT2D eigenvalue weighted by atomic mass is 19.1. The second-order valence-corrected chi connectivity index (χ2v) is 9.61. The summed E-state index contributed by atoms with van der Waals surface area (Å²) in [7, 11) is 2.82. The molecule has 11 nitrogen and oxygen atoms in total. The Morgan fingerprint density at radius 3 is 2.67 bits per heavy atom. The maximum atomic E-state index is 15.3. The van der Waals surface area contributed by atoms with Gasteiger partial charge in [-0.15, -0.1) is 0 Å². The number of hydrogen-bond donors (Lipinski definition) is 4. The summed E-state index contributed by atoms with van der Waals surface area (Å²) in [6.45, 7) is -0.443. The lowest BCUT2D eigenvalue weighted by atomic mass is 9.98. The second-order valence-electron chi connectivity index (χ2n) is 9.61. The monoisotopic (exact) mass is 586 g/mol. The summed E-state index contributed by atoms with van der Waals surface area (Å²) in [5, 5.41) is 14.9. The van der Waals surface area contributed by atoms with Crippen LogP contribution in [0.3, 0.4) is 0 Å². The molecule has 3 aromatic rings. The van der Waals surface area contributed by atoms with Gasteiger partial charge in [-0.25, -0.2) is 18.6 Å². The molecule has 2 aromatic carbocycles. The Bertz CT molecular complexity index is 1810. The third kappa shape index (κ3) is 5.21. The number of halogens is 2. The normalized spacial score (nSPS) is 17.9. The molecule has 5 N–H and O–H groups in total. The van der Waals surface area contributed by atoms with E-state index in [4.69, 9.17) is 10.5 Å². The Hall–Kier alpha value is -5.77. The number of aliphatic imine (C=N–C) groups is 1. The molecule has 43 heavy (non-hydrogen) atoms. The van der Waals surface area contributed by atoms with Crippen molar-refractivity contribution in [2.75, 3.05) is 20.7 Å². The number of amides is 4. The lowest BCUT2D eigenvalue weighted by Crippen LogP contribution is -2.54. The molecule has 0 bridgehead atoms. The van der Waals surface area contributed by atoms with Crippen LogP contribution in [0.4, 0.5) is 13.6 Å². The fraction of sp³-hybridized carbons (Fsp3) is 0.167. The third-order valence-electron chi connectivity index (χ3n) is 6.91. The number of nitrogens with zero attached hydrogens (tertiary/aromatic N) is 3. The maximum absolute atomic E-state index is 15.3. The smallest absolute Gasteiger partial charge is 0.323 e. The predicted octanol–water partition coefficient (Wildman–Crippen LogP) is 2.33. The number of rotatable bonds is 6. The SMILES string of the molecule is CN=CC(=CN)c1ccc(O)c(-c2ccc(C#C[C@]3(CN4Cc5ccc(OC)c(F)c5C4=O)NC(=O)NC3=O)cc2F)n1. The highest BCUT2D eigenvalue weighted by molar-refractivity contribution is 6.10. The number of urea groups is 1. The number of allylic oxidation sites excluding steroid dienone is 1. The Balaban J connectivity index is 1.46. The van der Waals surface area contributed by atoms with E-state index in [1.165, 1.54) is 60.8 Å². The number of hydrogen-bond acceptors (Lipinski definition) is 8. The topological polar surface area (TPSA) is 159 Å². The van der Waals surface area contributed by atoms with Gasteiger partial charge in [0, 0.05) is 42.7 Å². The van der Waals surface area contributed by atoms with Gasteiger partial charge < -0.3 is 25.8 Å². The molecule has 0 aliphatic carbocycles. The zero-order valence-corrected chi connectivity index (χ0v) is 22.9. The van der Waals surface area contributed by atoms with E-state index in [2.05, 4.69) is 32.5 Å². The number of carbonyl (C=O) groups excluding carboxylic acids is 3. The number of methoxy groups -OCH3 is 1. The fourth-order valence-electron chi connectivity index (χ4n) is 4.81. The van der Waals surface area contributed by atoms with Crippen molar-refractivity contribution >= 4 is 29.6 Å². The Morgan fingerprint density at radius 1 is 1.23 bits per heavy atom. The number of pyridine rings is 1. The van der Waals surface area contributed by atoms with Gasteiger partial charge in [0.05, 0.1) is 24.9 Å². The first kappa shape index (κ1) is 28.7. The molecule has 2 aliphatic rings. The summed E-state index contributed by atoms with van der Waals surface area (Å²) in [5.41, 5.74) is 4.78. The van der Waals surface area contributed by atoms with Crippen LogP contribution in [-0.2, 0) is 11.3 Å². The second kappa shape index (κ2) is 11.2. The van der Waals surface area contributed by atoms with Crippen molar-refractivity contribution in [1.82, 2.24) is 20.5 Å². The molecule has 0 radical (unpaired) electrons. The molecule has 13 heteroatoms. The van der Waals surface area contributed by atoms with Gasteiger partial charge in [0.1, 0.15) is 17.3 Å². The van der Waals surface area contributed by atoms with E-state index in [0.29, 0.717) is 16.8 Å². The average Bonchev–Trinajstić information content (AvgIpc) is 3.45. The number of benzene rings is 2. The van der Waals surface area contributed by atoms with Gasteiger partial charge in [0.15, 0.2) is 11.6 Å². The first-order valence-corrected chi connectivity index (χ1v) is 12.8. The molecule has 1 fully saturated rings. The molecule has 1 atom stereocenters. The van der Waals surface area contributed by atoms with Crippen LogP contribution in [0.1, 0.15) is 27.2 Å². The quantitative estimate of drug-likeness (QED) is 0.196. The molecular formula is C30H24F2N6O5. The molecular weight excluding hydrogens is 562 g/mol. The zero-order valence-electron chi connectivity index (χ0n) is 22.9. The van der Waals surface area contributed by atoms with Crippen LogP contribution in [0.15, 0.2) is 53.7 Å². The number of imide groups is 1. The van der Waals surface area contributed by atoms with Gasteiger partial charge in [-0.3, -0.25) is 19.9 Å². The van der Waals surface area contributed by atoms with Crippen LogP contribution in [0.25, 0.3) is 16.8 Å². The van der Waals surface area contributed by atoms with Gasteiger partial charge >= 0.3 is 6.03 Å². The minimum atomic E-state index is -1.90. The third-order valence-corrected chi connectivity index (χ3v) is 6.91. The van der Waals surface area contributed by atoms with Crippen molar-refractivity contribution in [1.29, 1.82) is 0 Å². The number of nitrogens with one attached hydrogen (secondary N) is 2. The number of carbonyl (C=O) groups is 3. The van der Waals surface area contributed by atoms with Gasteiger partial charge in [0.25, 0.3) is 11.8 Å². The predicted molar refractivity (Wildman–Crippen MR) is 152 cm³/mol. The van der Waals surface area contributed by atoms with Crippen molar-refractivity contribution < 1.29 is 33.0 Å². The van der Waals surface area contributed by atoms with E-state index in [0.717, 1.165) is 6.07 Å². The van der Waals surface area contributed by atoms with E-state index in [1.807, 2.05) is 0 Å². The van der Waals surface area contributed by atoms with Crippen LogP contribution in [-0.4, -0.2) is 65.3 Å². The number of aromatic nitrogens is 1. The summed E-state index contributed by atoms with van der Waals surface area (Å²) in [4.78, 5) is 47.5. The lowest BCUT2D eigenvalue weighted by molar-refractivity contribution is -0.122. The van der Waals surface area contributed by atoms with Crippen LogP contribution in [0.5, 0.6) is 11.5 Å². The van der Waals surface area contributed by atoms with Gasteiger partial charge in [0.2, 0.25) is 5.54 Å². The average molecular weight is 587 g/mol. The van der Waals surface area contributed by atoms with Crippen molar-refractivity contribution in [2.24, 2.45) is 10.7 Å². The number of aromatic hydroxyl groups is 1. The fourth-order valence-corrected chi connectivity index (χ4v) is 4.81. The number of ether oxygens (including phenoxy) is 1. The zero-order chi connectivity index (χ0) is 30.9. The molecule has 2 aliphatic heterocycles. The molecule has 0 saturated carbocycles. The molecule has 0 unspecified atom stereocenters. The molecule has 4 amide bonds. The van der Waals surface area contributed by atoms with Crippen LogP contribution in [0, 0.1) is 23.5 Å². The van der Waals surface area contributed by atoms with Crippen molar-refractivity contribution in [3.8, 4) is 34.6 Å². The summed E-state index contributed by atoms with van der Waals surface area (Å²) in [6.07, 6.45) is 2.74. The standard InChI is InChI=1S/C30H24F2N6O5/c1-34-13-18(12-33)21-6-7-22(39)26(35-21)19-5-3-16(11-20(19)31)9-10-30(28(41)36-29(42)37-30)15-38-14-17-4-8-23(43-2)25(32)24(17)27(38)40/h3-8,11-13,39H,14-15,33H2,1-2H3,(H2,36,37,41,42)/t30-/m1/s1. The first-order chi connectivity index (χ1) is 20.6. The summed E-state index contributed by atoms with van der Waals surface area (Å²) in [6, 6.07) is 8.81. The number of nitrogens with two attached hydrogens (primary N) is 1. The molecule has 1 aromatic heterocycles. The van der Waals surface area contributed by atoms with E-state index < -0.39 is 41.6 Å². The molecule has 5 rings (SSSR count). The summed E-state index contributed by atoms with van der Waals surface area (Å²) >= 11 is 0. The van der Waals surface area contributed by atoms with E-state index in [1.54, 1.807) is 7.05 Å². The Labute approximate surface area is 244 Å². The molecule has 218 valence electrons. The van der Waals surface area contributed by atoms with Crippen molar-refractivity contribution in [2.45, 2.75) is 12.1 Å². The van der Waals surface area contributed by atoms with Gasteiger partial charge in [-0.1, -0.05) is 17.9 Å². The van der Waals surface area contributed by atoms with Gasteiger partial charge in [-0.2, -0.15) is 0 Å². The van der Waals surface area contributed by atoms with Crippen LogP contribution < -0.4 is 21.1 Å². The first-order valence-electron chi connectivity index (χ1n) is 12.8. The van der Waals surface area contributed by atoms with Crippen molar-refractivity contribution in [3.63, 3.8) is 0 Å². The van der Waals surface area contributed by atoms with Crippen LogP contribution >= 0.6 is 0 Å². The molecule has 3 heterocycles. The summed E-state index contributed by atoms with van der Waals surface area (Å²) < 4.78 is 35.1. The van der Waals surface area contributed by atoms with Crippen LogP contribution in [0.2, 0.25) is 0 Å². The maximum Gasteiger partial charge on any atom is 0.323 e. The van der Waals surface area contributed by atoms with E-state index >= 15 is 4.39 Å².